The molecule has 6 fully saturated rings. The van der Waals surface area contributed by atoms with Crippen LogP contribution in [0, 0.1) is 56.7 Å². The van der Waals surface area contributed by atoms with Gasteiger partial charge < -0.3 is 4.74 Å². The minimum absolute atomic E-state index is 0.176. The Labute approximate surface area is 197 Å². The van der Waals surface area contributed by atoms with E-state index >= 15 is 0 Å². The molecule has 0 amide bonds. The van der Waals surface area contributed by atoms with Crippen LogP contribution < -0.4 is 0 Å². The lowest BCUT2D eigenvalue weighted by Gasteiger charge is -2.73. The van der Waals surface area contributed by atoms with Gasteiger partial charge in [0.2, 0.25) is 0 Å². The average Bonchev–Trinajstić information content (AvgIpc) is 3.04. The van der Waals surface area contributed by atoms with Crippen molar-refractivity contribution in [2.75, 3.05) is 0 Å². The van der Waals surface area contributed by atoms with E-state index in [9.17, 15) is 4.79 Å². The number of ether oxygens (including phenoxy) is 1. The SMILES string of the molecule is CC1(C)CCCC2(C)C1CCC1(C)C2CCC2C34CCC(C3CCC21C)C(C)(C)OC4=O. The van der Waals surface area contributed by atoms with Gasteiger partial charge in [-0.2, -0.15) is 0 Å². The van der Waals surface area contributed by atoms with Crippen molar-refractivity contribution < 1.29 is 9.53 Å². The maximum atomic E-state index is 13.8. The van der Waals surface area contributed by atoms with E-state index in [4.69, 9.17) is 4.74 Å². The van der Waals surface area contributed by atoms with Crippen LogP contribution in [0.2, 0.25) is 0 Å². The molecular weight excluding hydrogens is 392 g/mol. The molecule has 9 unspecified atom stereocenters. The number of rotatable bonds is 0. The van der Waals surface area contributed by atoms with Gasteiger partial charge in [-0.1, -0.05) is 41.0 Å². The molecule has 1 saturated heterocycles. The number of hydrogen-bond acceptors (Lipinski definition) is 2. The molecular formula is C30H48O2. The first-order valence-electron chi connectivity index (χ1n) is 14.1. The van der Waals surface area contributed by atoms with Gasteiger partial charge in [-0.05, 0) is 123 Å². The summed E-state index contributed by atoms with van der Waals surface area (Å²) in [4.78, 5) is 13.8. The van der Waals surface area contributed by atoms with E-state index in [2.05, 4.69) is 48.5 Å². The fraction of sp³-hybridized carbons (Fsp3) is 0.967. The Morgan fingerprint density at radius 1 is 0.656 bits per heavy atom. The van der Waals surface area contributed by atoms with Gasteiger partial charge in [0.15, 0.2) is 0 Å². The molecule has 0 spiro atoms. The second kappa shape index (κ2) is 6.17. The number of cyclic esters (lactones) is 1. The zero-order valence-corrected chi connectivity index (χ0v) is 22.0. The van der Waals surface area contributed by atoms with Crippen LogP contribution in [-0.4, -0.2) is 11.6 Å². The normalized spacial score (nSPS) is 57.5. The van der Waals surface area contributed by atoms with Gasteiger partial charge in [-0.25, -0.2) is 0 Å². The topological polar surface area (TPSA) is 26.3 Å². The molecule has 6 rings (SSSR count). The first-order chi connectivity index (χ1) is 14.8. The molecule has 9 atom stereocenters. The van der Waals surface area contributed by atoms with Gasteiger partial charge in [-0.3, -0.25) is 4.79 Å². The Morgan fingerprint density at radius 3 is 2.03 bits per heavy atom. The molecule has 0 aromatic heterocycles. The first kappa shape index (κ1) is 22.0. The standard InChI is InChI=1S/C30H48O2/c1-25(2)14-8-15-27(5)21(25)13-17-28(6)22(27)9-10-23-29(28,7)16-11-20-19-12-18-30(20,23)24(31)32-26(19,3)4/h19-23H,8-18H2,1-7H3. The van der Waals surface area contributed by atoms with Gasteiger partial charge in [0.25, 0.3) is 0 Å². The Morgan fingerprint density at radius 2 is 1.28 bits per heavy atom. The van der Waals surface area contributed by atoms with Crippen LogP contribution in [0.5, 0.6) is 0 Å². The van der Waals surface area contributed by atoms with E-state index in [0.717, 1.165) is 18.3 Å². The highest BCUT2D eigenvalue weighted by Gasteiger charge is 2.75. The number of fused-ring (bicyclic) bond motifs is 5. The lowest BCUT2D eigenvalue weighted by Crippen LogP contribution is -2.68. The summed E-state index contributed by atoms with van der Waals surface area (Å²) in [6.45, 7) is 17.5. The van der Waals surface area contributed by atoms with Gasteiger partial charge in [-0.15, -0.1) is 0 Å². The monoisotopic (exact) mass is 440 g/mol. The van der Waals surface area contributed by atoms with E-state index in [-0.39, 0.29) is 22.4 Å². The van der Waals surface area contributed by atoms with Crippen LogP contribution in [-0.2, 0) is 9.53 Å². The summed E-state index contributed by atoms with van der Waals surface area (Å²) in [5, 5.41) is 0. The molecule has 0 aromatic carbocycles. The van der Waals surface area contributed by atoms with E-state index < -0.39 is 0 Å². The molecule has 2 bridgehead atoms. The van der Waals surface area contributed by atoms with E-state index in [1.807, 2.05) is 0 Å². The van der Waals surface area contributed by atoms with Crippen molar-refractivity contribution in [2.24, 2.45) is 56.7 Å². The van der Waals surface area contributed by atoms with Crippen LogP contribution in [0.3, 0.4) is 0 Å². The highest BCUT2D eigenvalue weighted by molar-refractivity contribution is 5.80. The van der Waals surface area contributed by atoms with Gasteiger partial charge >= 0.3 is 5.97 Å². The van der Waals surface area contributed by atoms with Gasteiger partial charge in [0.1, 0.15) is 5.60 Å². The zero-order valence-electron chi connectivity index (χ0n) is 22.0. The largest absolute Gasteiger partial charge is 0.459 e. The third kappa shape index (κ3) is 2.27. The molecule has 2 nitrogen and oxygen atoms in total. The lowest BCUT2D eigenvalue weighted by molar-refractivity contribution is -0.261. The number of carbonyl (C=O) groups excluding carboxylic acids is 1. The van der Waals surface area contributed by atoms with Crippen LogP contribution >= 0.6 is 0 Å². The molecule has 0 aromatic rings. The number of esters is 1. The van der Waals surface area contributed by atoms with Crippen molar-refractivity contribution in [3.8, 4) is 0 Å². The van der Waals surface area contributed by atoms with Crippen molar-refractivity contribution in [1.82, 2.24) is 0 Å². The Bertz CT molecular complexity index is 842. The molecule has 0 N–H and O–H groups in total. The molecule has 1 heterocycles. The average molecular weight is 441 g/mol. The van der Waals surface area contributed by atoms with Crippen LogP contribution in [0.4, 0.5) is 0 Å². The first-order valence-corrected chi connectivity index (χ1v) is 14.1. The summed E-state index contributed by atoms with van der Waals surface area (Å²) in [6, 6.07) is 0. The predicted octanol–water partition coefficient (Wildman–Crippen LogP) is 7.79. The summed E-state index contributed by atoms with van der Waals surface area (Å²) >= 11 is 0. The molecule has 2 heteroatoms. The van der Waals surface area contributed by atoms with Crippen molar-refractivity contribution in [3.05, 3.63) is 0 Å². The summed E-state index contributed by atoms with van der Waals surface area (Å²) in [6.07, 6.45) is 14.5. The molecule has 180 valence electrons. The summed E-state index contributed by atoms with van der Waals surface area (Å²) in [7, 11) is 0. The van der Waals surface area contributed by atoms with Crippen LogP contribution in [0.25, 0.3) is 0 Å². The fourth-order valence-electron chi connectivity index (χ4n) is 12.4. The lowest BCUT2D eigenvalue weighted by atomic mass is 9.31. The summed E-state index contributed by atoms with van der Waals surface area (Å²) in [5.74, 6) is 3.54. The minimum atomic E-state index is -0.268. The highest BCUT2D eigenvalue weighted by Crippen LogP contribution is 2.79. The molecule has 5 saturated carbocycles. The van der Waals surface area contributed by atoms with Crippen LogP contribution in [0.15, 0.2) is 0 Å². The van der Waals surface area contributed by atoms with Crippen molar-refractivity contribution in [1.29, 1.82) is 0 Å². The summed E-state index contributed by atoms with van der Waals surface area (Å²) < 4.78 is 6.28. The minimum Gasteiger partial charge on any atom is -0.459 e. The third-order valence-corrected chi connectivity index (χ3v) is 13.9. The van der Waals surface area contributed by atoms with Crippen molar-refractivity contribution in [2.45, 2.75) is 125 Å². The molecule has 32 heavy (non-hydrogen) atoms. The quantitative estimate of drug-likeness (QED) is 0.359. The van der Waals surface area contributed by atoms with Gasteiger partial charge in [0, 0.05) is 5.92 Å². The van der Waals surface area contributed by atoms with Crippen molar-refractivity contribution >= 4 is 5.97 Å². The molecule has 1 aliphatic heterocycles. The fourth-order valence-corrected chi connectivity index (χ4v) is 12.4. The van der Waals surface area contributed by atoms with E-state index in [1.54, 1.807) is 0 Å². The predicted molar refractivity (Wildman–Crippen MR) is 129 cm³/mol. The highest BCUT2D eigenvalue weighted by atomic mass is 16.6. The summed E-state index contributed by atoms with van der Waals surface area (Å²) in [5.41, 5.74) is 1.15. The molecule has 0 radical (unpaired) electrons. The second-order valence-corrected chi connectivity index (χ2v) is 15.3. The van der Waals surface area contributed by atoms with Crippen molar-refractivity contribution in [3.63, 3.8) is 0 Å². The van der Waals surface area contributed by atoms with E-state index in [0.29, 0.717) is 34.0 Å². The van der Waals surface area contributed by atoms with Crippen LogP contribution in [0.1, 0.15) is 119 Å². The zero-order chi connectivity index (χ0) is 22.9. The maximum Gasteiger partial charge on any atom is 0.313 e. The maximum absolute atomic E-state index is 13.8. The number of hydrogen-bond donors (Lipinski definition) is 0. The van der Waals surface area contributed by atoms with Gasteiger partial charge in [0.05, 0.1) is 5.41 Å². The Hall–Kier alpha value is -0.530. The second-order valence-electron chi connectivity index (χ2n) is 15.3. The Kier molecular flexibility index (Phi) is 4.24. The van der Waals surface area contributed by atoms with E-state index in [1.165, 1.54) is 64.2 Å². The third-order valence-electron chi connectivity index (χ3n) is 13.9. The molecule has 6 aliphatic rings. The number of carbonyl (C=O) groups is 1. The Balaban J connectivity index is 1.42. The molecule has 5 aliphatic carbocycles. The smallest absolute Gasteiger partial charge is 0.313 e.